The SMILES string of the molecule is Cc1[nH]c2ccccc2c1C1=C(c2cccc(OCCCCl)c2)C(=O)OC1=O. The van der Waals surface area contributed by atoms with E-state index in [1.54, 1.807) is 24.3 Å². The van der Waals surface area contributed by atoms with Gasteiger partial charge >= 0.3 is 11.9 Å². The van der Waals surface area contributed by atoms with Gasteiger partial charge in [-0.25, -0.2) is 9.59 Å². The molecule has 2 heterocycles. The third-order valence-corrected chi connectivity index (χ3v) is 4.92. The monoisotopic (exact) mass is 395 g/mol. The van der Waals surface area contributed by atoms with Gasteiger partial charge in [0, 0.05) is 28.0 Å². The number of hydrogen-bond donors (Lipinski definition) is 1. The zero-order chi connectivity index (χ0) is 19.7. The van der Waals surface area contributed by atoms with Gasteiger partial charge in [0.05, 0.1) is 17.8 Å². The summed E-state index contributed by atoms with van der Waals surface area (Å²) in [7, 11) is 0. The van der Waals surface area contributed by atoms with E-state index in [1.165, 1.54) is 0 Å². The van der Waals surface area contributed by atoms with Gasteiger partial charge in [0.2, 0.25) is 0 Å². The second-order valence-corrected chi connectivity index (χ2v) is 6.89. The second kappa shape index (κ2) is 7.52. The third-order valence-electron chi connectivity index (χ3n) is 4.66. The predicted molar refractivity (Wildman–Crippen MR) is 108 cm³/mol. The van der Waals surface area contributed by atoms with Gasteiger partial charge in [-0.3, -0.25) is 0 Å². The highest BCUT2D eigenvalue weighted by Crippen LogP contribution is 2.39. The van der Waals surface area contributed by atoms with Crippen LogP contribution in [0.25, 0.3) is 22.0 Å². The summed E-state index contributed by atoms with van der Waals surface area (Å²) in [6.45, 7) is 2.35. The van der Waals surface area contributed by atoms with Gasteiger partial charge in [-0.2, -0.15) is 0 Å². The summed E-state index contributed by atoms with van der Waals surface area (Å²) in [4.78, 5) is 28.4. The molecule has 0 saturated heterocycles. The van der Waals surface area contributed by atoms with Crippen molar-refractivity contribution in [1.82, 2.24) is 4.98 Å². The van der Waals surface area contributed by atoms with Crippen molar-refractivity contribution in [3.63, 3.8) is 0 Å². The molecule has 0 bridgehead atoms. The molecule has 0 amide bonds. The number of fused-ring (bicyclic) bond motifs is 1. The van der Waals surface area contributed by atoms with E-state index in [0.717, 1.165) is 23.0 Å². The number of nitrogens with one attached hydrogen (secondary N) is 1. The maximum absolute atomic E-state index is 12.6. The Bertz CT molecular complexity index is 1110. The maximum atomic E-state index is 12.6. The number of halogens is 1. The largest absolute Gasteiger partial charge is 0.494 e. The Kier molecular flexibility index (Phi) is 4.92. The molecule has 0 atom stereocenters. The van der Waals surface area contributed by atoms with Crippen LogP contribution in [-0.2, 0) is 14.3 Å². The highest BCUT2D eigenvalue weighted by atomic mass is 35.5. The number of aromatic amines is 1. The molecular formula is C22H18ClNO4. The van der Waals surface area contributed by atoms with Crippen LogP contribution in [0.4, 0.5) is 0 Å². The number of ether oxygens (including phenoxy) is 2. The molecule has 4 rings (SSSR count). The highest BCUT2D eigenvalue weighted by Gasteiger charge is 2.37. The Morgan fingerprint density at radius 3 is 2.64 bits per heavy atom. The van der Waals surface area contributed by atoms with Crippen molar-refractivity contribution in [2.45, 2.75) is 13.3 Å². The van der Waals surface area contributed by atoms with Crippen LogP contribution in [0, 0.1) is 6.92 Å². The van der Waals surface area contributed by atoms with Crippen LogP contribution >= 0.6 is 11.6 Å². The van der Waals surface area contributed by atoms with E-state index < -0.39 is 11.9 Å². The molecule has 2 aromatic carbocycles. The fourth-order valence-electron chi connectivity index (χ4n) is 3.46. The van der Waals surface area contributed by atoms with Crippen molar-refractivity contribution in [3.8, 4) is 5.75 Å². The number of hydrogen-bond acceptors (Lipinski definition) is 4. The van der Waals surface area contributed by atoms with Gasteiger partial charge in [0.1, 0.15) is 5.75 Å². The number of rotatable bonds is 6. The number of cyclic esters (lactones) is 2. The highest BCUT2D eigenvalue weighted by molar-refractivity contribution is 6.46. The van der Waals surface area contributed by atoms with Crippen LogP contribution < -0.4 is 4.74 Å². The lowest BCUT2D eigenvalue weighted by Crippen LogP contribution is -2.02. The average Bonchev–Trinajstić information content (AvgIpc) is 3.16. The molecule has 0 aliphatic carbocycles. The molecular weight excluding hydrogens is 378 g/mol. The molecule has 5 nitrogen and oxygen atoms in total. The topological polar surface area (TPSA) is 68.4 Å². The van der Waals surface area contributed by atoms with Crippen LogP contribution in [0.3, 0.4) is 0 Å². The number of aryl methyl sites for hydroxylation is 1. The fourth-order valence-corrected chi connectivity index (χ4v) is 3.57. The van der Waals surface area contributed by atoms with Crippen LogP contribution in [0.1, 0.15) is 23.2 Å². The summed E-state index contributed by atoms with van der Waals surface area (Å²) in [6.07, 6.45) is 0.717. The minimum atomic E-state index is -0.650. The zero-order valence-electron chi connectivity index (χ0n) is 15.3. The fraction of sp³-hybridized carbons (Fsp3) is 0.182. The number of aromatic nitrogens is 1. The van der Waals surface area contributed by atoms with Crippen molar-refractivity contribution in [2.24, 2.45) is 0 Å². The molecule has 1 aliphatic heterocycles. The third kappa shape index (κ3) is 3.18. The van der Waals surface area contributed by atoms with Gasteiger partial charge in [-0.1, -0.05) is 30.3 Å². The molecule has 28 heavy (non-hydrogen) atoms. The zero-order valence-corrected chi connectivity index (χ0v) is 16.0. The standard InChI is InChI=1S/C22H18ClNO4/c1-13-18(16-8-2-3-9-17(16)24-13)20-19(21(25)28-22(20)26)14-6-4-7-15(12-14)27-11-5-10-23/h2-4,6-9,12,24H,5,10-11H2,1H3. The van der Waals surface area contributed by atoms with Crippen LogP contribution in [-0.4, -0.2) is 29.4 Å². The lowest BCUT2D eigenvalue weighted by Gasteiger charge is -2.08. The van der Waals surface area contributed by atoms with Gasteiger partial charge in [0.25, 0.3) is 0 Å². The Morgan fingerprint density at radius 2 is 1.82 bits per heavy atom. The van der Waals surface area contributed by atoms with Gasteiger partial charge < -0.3 is 14.5 Å². The maximum Gasteiger partial charge on any atom is 0.347 e. The first-order valence-corrected chi connectivity index (χ1v) is 9.51. The van der Waals surface area contributed by atoms with Gasteiger partial charge in [-0.05, 0) is 37.1 Å². The smallest absolute Gasteiger partial charge is 0.347 e. The molecule has 1 aromatic heterocycles. The Hall–Kier alpha value is -3.05. The van der Waals surface area contributed by atoms with Crippen LogP contribution in [0.2, 0.25) is 0 Å². The number of para-hydroxylation sites is 1. The summed E-state index contributed by atoms with van der Waals surface area (Å²) < 4.78 is 10.7. The van der Waals surface area contributed by atoms with Crippen molar-refractivity contribution >= 4 is 45.6 Å². The normalized spacial score (nSPS) is 14.1. The average molecular weight is 396 g/mol. The lowest BCUT2D eigenvalue weighted by molar-refractivity contribution is -0.149. The van der Waals surface area contributed by atoms with E-state index in [2.05, 4.69) is 4.98 Å². The van der Waals surface area contributed by atoms with Crippen molar-refractivity contribution in [3.05, 3.63) is 65.4 Å². The van der Waals surface area contributed by atoms with E-state index in [9.17, 15) is 9.59 Å². The van der Waals surface area contributed by atoms with E-state index in [4.69, 9.17) is 21.1 Å². The summed E-state index contributed by atoms with van der Waals surface area (Å²) in [5.41, 5.74) is 3.49. The molecule has 1 N–H and O–H groups in total. The molecule has 6 heteroatoms. The Morgan fingerprint density at radius 1 is 1.04 bits per heavy atom. The number of alkyl halides is 1. The van der Waals surface area contributed by atoms with Crippen molar-refractivity contribution < 1.29 is 19.1 Å². The molecule has 0 spiro atoms. The number of esters is 2. The lowest BCUT2D eigenvalue weighted by atomic mass is 9.94. The Balaban J connectivity index is 1.87. The first-order chi connectivity index (χ1) is 13.6. The van der Waals surface area contributed by atoms with Crippen molar-refractivity contribution in [1.29, 1.82) is 0 Å². The first-order valence-electron chi connectivity index (χ1n) is 8.98. The van der Waals surface area contributed by atoms with E-state index in [1.807, 2.05) is 31.2 Å². The van der Waals surface area contributed by atoms with Gasteiger partial charge in [-0.15, -0.1) is 11.6 Å². The number of carbonyl (C=O) groups excluding carboxylic acids is 2. The summed E-state index contributed by atoms with van der Waals surface area (Å²) in [5.74, 6) is -0.170. The van der Waals surface area contributed by atoms with E-state index in [0.29, 0.717) is 29.4 Å². The molecule has 0 unspecified atom stereocenters. The minimum absolute atomic E-state index is 0.251. The summed E-state index contributed by atoms with van der Waals surface area (Å²) in [6, 6.07) is 14.8. The first kappa shape index (κ1) is 18.3. The van der Waals surface area contributed by atoms with E-state index >= 15 is 0 Å². The molecule has 0 fully saturated rings. The molecule has 0 radical (unpaired) electrons. The minimum Gasteiger partial charge on any atom is -0.494 e. The van der Waals surface area contributed by atoms with E-state index in [-0.39, 0.29) is 11.1 Å². The Labute approximate surface area is 166 Å². The molecule has 142 valence electrons. The molecule has 1 aliphatic rings. The summed E-state index contributed by atoms with van der Waals surface area (Å²) >= 11 is 5.69. The predicted octanol–water partition coefficient (Wildman–Crippen LogP) is 4.48. The molecule has 3 aromatic rings. The number of benzene rings is 2. The molecule has 0 saturated carbocycles. The number of H-pyrrole nitrogens is 1. The van der Waals surface area contributed by atoms with Gasteiger partial charge in [0.15, 0.2) is 0 Å². The van der Waals surface area contributed by atoms with Crippen LogP contribution in [0.5, 0.6) is 5.75 Å². The van der Waals surface area contributed by atoms with Crippen LogP contribution in [0.15, 0.2) is 48.5 Å². The summed E-state index contributed by atoms with van der Waals surface area (Å²) in [5, 5.41) is 0.869. The second-order valence-electron chi connectivity index (χ2n) is 6.52. The van der Waals surface area contributed by atoms with Crippen molar-refractivity contribution in [2.75, 3.05) is 12.5 Å². The number of carbonyl (C=O) groups is 2. The quantitative estimate of drug-likeness (QED) is 0.289.